The molecule has 5 aromatic rings. The molecule has 0 saturated carbocycles. The zero-order valence-electron chi connectivity index (χ0n) is 19.4. The van der Waals surface area contributed by atoms with Gasteiger partial charge in [0, 0.05) is 15.8 Å². The highest BCUT2D eigenvalue weighted by Crippen LogP contribution is 2.42. The van der Waals surface area contributed by atoms with Crippen LogP contribution in [-0.4, -0.2) is 24.7 Å². The van der Waals surface area contributed by atoms with Gasteiger partial charge in [0.25, 0.3) is 0 Å². The van der Waals surface area contributed by atoms with Crippen molar-refractivity contribution in [2.24, 2.45) is 5.92 Å². The van der Waals surface area contributed by atoms with E-state index in [1.54, 1.807) is 18.1 Å². The van der Waals surface area contributed by atoms with Gasteiger partial charge in [-0.25, -0.2) is 9.97 Å². The first-order valence-electron chi connectivity index (χ1n) is 11.6. The second-order valence-electron chi connectivity index (χ2n) is 9.09. The van der Waals surface area contributed by atoms with Crippen LogP contribution in [0.4, 0.5) is 0 Å². The molecule has 1 atom stereocenters. The maximum Gasteiger partial charge on any atom is 0.202 e. The molecule has 1 unspecified atom stereocenters. The number of aryl methyl sites for hydroxylation is 3. The SMILES string of the molecule is Cc1ccc(-n2c(Sc3ncnc4sc5c(c34)CCC(C)C5)nnc2-c2ccccc2)cc1C. The summed E-state index contributed by atoms with van der Waals surface area (Å²) < 4.78 is 2.15. The van der Waals surface area contributed by atoms with Crippen molar-refractivity contribution in [1.82, 2.24) is 24.7 Å². The van der Waals surface area contributed by atoms with Crippen molar-refractivity contribution in [3.63, 3.8) is 0 Å². The van der Waals surface area contributed by atoms with Crippen LogP contribution in [0.1, 0.15) is 34.9 Å². The Morgan fingerprint density at radius 2 is 1.85 bits per heavy atom. The zero-order valence-corrected chi connectivity index (χ0v) is 21.1. The van der Waals surface area contributed by atoms with Crippen molar-refractivity contribution in [3.05, 3.63) is 76.4 Å². The zero-order chi connectivity index (χ0) is 23.2. The molecule has 0 aliphatic heterocycles. The van der Waals surface area contributed by atoms with Gasteiger partial charge in [-0.15, -0.1) is 21.5 Å². The first-order chi connectivity index (χ1) is 16.6. The summed E-state index contributed by atoms with van der Waals surface area (Å²) in [5.74, 6) is 1.56. The Bertz CT molecular complexity index is 1500. The van der Waals surface area contributed by atoms with E-state index in [1.165, 1.54) is 33.4 Å². The predicted octanol–water partition coefficient (Wildman–Crippen LogP) is 6.83. The highest BCUT2D eigenvalue weighted by Gasteiger charge is 2.25. The van der Waals surface area contributed by atoms with Gasteiger partial charge in [0.05, 0.1) is 5.69 Å². The summed E-state index contributed by atoms with van der Waals surface area (Å²) in [4.78, 5) is 11.9. The Hall–Kier alpha value is -3.03. The normalized spacial score (nSPS) is 15.6. The smallest absolute Gasteiger partial charge is 0.202 e. The topological polar surface area (TPSA) is 56.5 Å². The molecule has 6 rings (SSSR count). The molecular weight excluding hydrogens is 458 g/mol. The number of benzene rings is 2. The van der Waals surface area contributed by atoms with Gasteiger partial charge >= 0.3 is 0 Å². The Labute approximate surface area is 207 Å². The lowest BCUT2D eigenvalue weighted by atomic mass is 9.89. The molecule has 3 heterocycles. The van der Waals surface area contributed by atoms with E-state index in [-0.39, 0.29) is 0 Å². The number of hydrogen-bond donors (Lipinski definition) is 0. The number of fused-ring (bicyclic) bond motifs is 3. The average molecular weight is 484 g/mol. The standard InChI is InChI=1S/C27H25N5S2/c1-16-9-12-21-22(13-16)33-25-23(21)26(29-15-28-25)34-27-31-30-24(19-7-5-4-6-8-19)32(27)20-11-10-17(2)18(3)14-20/h4-8,10-11,14-16H,9,12-13H2,1-3H3. The molecule has 34 heavy (non-hydrogen) atoms. The maximum absolute atomic E-state index is 4.73. The molecule has 0 spiro atoms. The molecule has 3 aromatic heterocycles. The van der Waals surface area contributed by atoms with Gasteiger partial charge in [0.15, 0.2) is 5.82 Å². The number of nitrogens with zero attached hydrogens (tertiary/aromatic N) is 5. The van der Waals surface area contributed by atoms with E-state index >= 15 is 0 Å². The first-order valence-corrected chi connectivity index (χ1v) is 13.2. The van der Waals surface area contributed by atoms with E-state index in [1.807, 2.05) is 29.5 Å². The Morgan fingerprint density at radius 3 is 2.68 bits per heavy atom. The highest BCUT2D eigenvalue weighted by atomic mass is 32.2. The molecule has 0 bridgehead atoms. The number of thiophene rings is 1. The Balaban J connectivity index is 1.51. The molecule has 0 fully saturated rings. The van der Waals surface area contributed by atoms with E-state index in [0.29, 0.717) is 0 Å². The second-order valence-corrected chi connectivity index (χ2v) is 11.1. The molecule has 1 aliphatic rings. The fourth-order valence-electron chi connectivity index (χ4n) is 4.62. The van der Waals surface area contributed by atoms with Gasteiger partial charge in [0.1, 0.15) is 16.2 Å². The van der Waals surface area contributed by atoms with E-state index in [4.69, 9.17) is 4.98 Å². The quantitative estimate of drug-likeness (QED) is 0.262. The lowest BCUT2D eigenvalue weighted by Gasteiger charge is -2.18. The molecule has 0 N–H and O–H groups in total. The van der Waals surface area contributed by atoms with Gasteiger partial charge in [-0.2, -0.15) is 0 Å². The molecule has 0 amide bonds. The molecule has 170 valence electrons. The van der Waals surface area contributed by atoms with Gasteiger partial charge in [-0.1, -0.05) is 43.3 Å². The molecule has 0 saturated heterocycles. The molecule has 0 radical (unpaired) electrons. The minimum absolute atomic E-state index is 0.728. The lowest BCUT2D eigenvalue weighted by molar-refractivity contribution is 0.509. The minimum Gasteiger partial charge on any atom is -0.270 e. The summed E-state index contributed by atoms with van der Waals surface area (Å²) in [6.45, 7) is 6.62. The lowest BCUT2D eigenvalue weighted by Crippen LogP contribution is -2.08. The van der Waals surface area contributed by atoms with Crippen molar-refractivity contribution < 1.29 is 0 Å². The summed E-state index contributed by atoms with van der Waals surface area (Å²) >= 11 is 3.41. The van der Waals surface area contributed by atoms with Crippen molar-refractivity contribution >= 4 is 33.3 Å². The van der Waals surface area contributed by atoms with Crippen molar-refractivity contribution in [3.8, 4) is 17.1 Å². The van der Waals surface area contributed by atoms with Crippen LogP contribution in [0.15, 0.2) is 65.0 Å². The van der Waals surface area contributed by atoms with Crippen LogP contribution >= 0.6 is 23.1 Å². The first kappa shape index (κ1) is 21.5. The molecule has 5 nitrogen and oxygen atoms in total. The van der Waals surface area contributed by atoms with E-state index in [2.05, 4.69) is 70.9 Å². The van der Waals surface area contributed by atoms with Crippen LogP contribution in [0.2, 0.25) is 0 Å². The number of hydrogen-bond acceptors (Lipinski definition) is 6. The van der Waals surface area contributed by atoms with Gasteiger partial charge in [-0.05, 0) is 79.6 Å². The fraction of sp³-hybridized carbons (Fsp3) is 0.259. The molecule has 7 heteroatoms. The van der Waals surface area contributed by atoms with Crippen molar-refractivity contribution in [2.75, 3.05) is 0 Å². The third kappa shape index (κ3) is 3.73. The maximum atomic E-state index is 4.73. The summed E-state index contributed by atoms with van der Waals surface area (Å²) in [7, 11) is 0. The van der Waals surface area contributed by atoms with Crippen LogP contribution in [0, 0.1) is 19.8 Å². The monoisotopic (exact) mass is 483 g/mol. The van der Waals surface area contributed by atoms with Gasteiger partial charge in [-0.3, -0.25) is 4.57 Å². The largest absolute Gasteiger partial charge is 0.270 e. The third-order valence-electron chi connectivity index (χ3n) is 6.66. The third-order valence-corrected chi connectivity index (χ3v) is 8.77. The molecule has 1 aliphatic carbocycles. The average Bonchev–Trinajstić information content (AvgIpc) is 3.43. The van der Waals surface area contributed by atoms with Crippen LogP contribution in [0.25, 0.3) is 27.3 Å². The van der Waals surface area contributed by atoms with E-state index in [9.17, 15) is 0 Å². The Kier molecular flexibility index (Phi) is 5.46. The van der Waals surface area contributed by atoms with Crippen LogP contribution < -0.4 is 0 Å². The van der Waals surface area contributed by atoms with E-state index < -0.39 is 0 Å². The summed E-state index contributed by atoms with van der Waals surface area (Å²) in [5, 5.41) is 12.3. The second kappa shape index (κ2) is 8.64. The predicted molar refractivity (Wildman–Crippen MR) is 139 cm³/mol. The van der Waals surface area contributed by atoms with Crippen LogP contribution in [0.3, 0.4) is 0 Å². The van der Waals surface area contributed by atoms with Gasteiger partial charge in [0.2, 0.25) is 5.16 Å². The fourth-order valence-corrected chi connectivity index (χ4v) is 6.99. The van der Waals surface area contributed by atoms with E-state index in [0.717, 1.165) is 50.8 Å². The van der Waals surface area contributed by atoms with Crippen LogP contribution in [-0.2, 0) is 12.8 Å². The summed E-state index contributed by atoms with van der Waals surface area (Å²) in [5.41, 5.74) is 6.04. The molecule has 2 aromatic carbocycles. The molecular formula is C27H25N5S2. The van der Waals surface area contributed by atoms with Crippen molar-refractivity contribution in [1.29, 1.82) is 0 Å². The number of aromatic nitrogens is 5. The van der Waals surface area contributed by atoms with Gasteiger partial charge < -0.3 is 0 Å². The Morgan fingerprint density at radius 1 is 1.00 bits per heavy atom. The summed E-state index contributed by atoms with van der Waals surface area (Å²) in [6, 6.07) is 16.8. The van der Waals surface area contributed by atoms with Crippen LogP contribution in [0.5, 0.6) is 0 Å². The minimum atomic E-state index is 0.728. The summed E-state index contributed by atoms with van der Waals surface area (Å²) in [6.07, 6.45) is 5.13. The number of rotatable bonds is 4. The van der Waals surface area contributed by atoms with Crippen molar-refractivity contribution in [2.45, 2.75) is 50.2 Å². The highest BCUT2D eigenvalue weighted by molar-refractivity contribution is 7.99.